The Hall–Kier alpha value is -1.54. The minimum atomic E-state index is -2.08. The summed E-state index contributed by atoms with van der Waals surface area (Å²) >= 11 is 0. The van der Waals surface area contributed by atoms with E-state index >= 15 is 0 Å². The number of hydrogen-bond donors (Lipinski definition) is 3. The van der Waals surface area contributed by atoms with Crippen LogP contribution in [0.3, 0.4) is 0 Å². The summed E-state index contributed by atoms with van der Waals surface area (Å²) in [4.78, 5) is 25.3. The van der Waals surface area contributed by atoms with Gasteiger partial charge in [0.2, 0.25) is 18.5 Å². The average Bonchev–Trinajstić information content (AvgIpc) is 1.54. The monoisotopic (exact) mass is 376 g/mol. The van der Waals surface area contributed by atoms with Gasteiger partial charge in [0, 0.05) is 0 Å². The molecule has 0 radical (unpaired) electrons. The van der Waals surface area contributed by atoms with Crippen LogP contribution < -0.4 is 15.3 Å². The molecule has 0 atom stereocenters. The zero-order chi connectivity index (χ0) is 10.7. The van der Waals surface area contributed by atoms with E-state index in [4.69, 9.17) is 45.0 Å². The van der Waals surface area contributed by atoms with Crippen molar-refractivity contribution < 1.29 is 65.1 Å². The molecule has 0 fully saturated rings. The fraction of sp³-hybridized carbons (Fsp3) is 0. The molecule has 0 aromatic heterocycles. The summed E-state index contributed by atoms with van der Waals surface area (Å²) < 4.78 is 0. The SMILES string of the molecule is O=C([O-])O.O=C([O-])O.O=C([O-])O.[Ir+3]. The second kappa shape index (κ2) is 16.8. The summed E-state index contributed by atoms with van der Waals surface area (Å²) in [6.45, 7) is 0. The summed E-state index contributed by atoms with van der Waals surface area (Å²) in [5, 5.41) is 45.9. The Morgan fingerprint density at radius 1 is 0.692 bits per heavy atom. The van der Waals surface area contributed by atoms with Crippen LogP contribution in [0, 0.1) is 0 Å². The molecule has 0 aliphatic rings. The van der Waals surface area contributed by atoms with Crippen molar-refractivity contribution in [3.8, 4) is 0 Å². The van der Waals surface area contributed by atoms with E-state index in [-0.39, 0.29) is 20.1 Å². The predicted molar refractivity (Wildman–Crippen MR) is 24.1 cm³/mol. The smallest absolute Gasteiger partial charge is 0.565 e. The van der Waals surface area contributed by atoms with Crippen molar-refractivity contribution in [3.63, 3.8) is 0 Å². The average molecular weight is 375 g/mol. The van der Waals surface area contributed by atoms with Gasteiger partial charge in [-0.1, -0.05) is 0 Å². The van der Waals surface area contributed by atoms with Crippen molar-refractivity contribution in [2.75, 3.05) is 0 Å². The van der Waals surface area contributed by atoms with Gasteiger partial charge in [0.25, 0.3) is 0 Å². The Kier molecular flexibility index (Phi) is 29.2. The third kappa shape index (κ3) is 315. The summed E-state index contributed by atoms with van der Waals surface area (Å²) in [5.74, 6) is 0. The van der Waals surface area contributed by atoms with Crippen molar-refractivity contribution in [2.45, 2.75) is 0 Å². The molecule has 0 aliphatic carbocycles. The van der Waals surface area contributed by atoms with Crippen LogP contribution in [0.2, 0.25) is 0 Å². The summed E-state index contributed by atoms with van der Waals surface area (Å²) in [7, 11) is 0. The Labute approximate surface area is 84.2 Å². The van der Waals surface area contributed by atoms with Gasteiger partial charge in [0.05, 0.1) is 0 Å². The van der Waals surface area contributed by atoms with Crippen molar-refractivity contribution in [3.05, 3.63) is 0 Å². The Bertz CT molecular complexity index is 112. The molecular formula is C3H3IrO9. The second-order valence-electron chi connectivity index (χ2n) is 0.798. The Balaban J connectivity index is -0.0000000450. The fourth-order valence-corrected chi connectivity index (χ4v) is 0. The number of carbonyl (C=O) groups is 3. The van der Waals surface area contributed by atoms with E-state index < -0.39 is 18.5 Å². The molecule has 0 aliphatic heterocycles. The first kappa shape index (κ1) is 22.5. The molecule has 0 heterocycles. The molecule has 78 valence electrons. The van der Waals surface area contributed by atoms with Crippen LogP contribution in [0.5, 0.6) is 0 Å². The third-order valence-corrected chi connectivity index (χ3v) is 0. The zero-order valence-electron chi connectivity index (χ0n) is 5.62. The molecule has 0 spiro atoms. The van der Waals surface area contributed by atoms with Crippen LogP contribution in [0.1, 0.15) is 0 Å². The standard InChI is InChI=1S/3CH2O3.Ir/c3*2-1(3)4;/h3*(H2,2,3,4);/q;;;+3/p-3. The zero-order valence-corrected chi connectivity index (χ0v) is 8.02. The first-order chi connectivity index (χ1) is 5.20. The topological polar surface area (TPSA) is 181 Å². The van der Waals surface area contributed by atoms with Crippen LogP contribution in [0.15, 0.2) is 0 Å². The van der Waals surface area contributed by atoms with E-state index in [1.54, 1.807) is 0 Å². The Morgan fingerprint density at radius 2 is 0.692 bits per heavy atom. The first-order valence-corrected chi connectivity index (χ1v) is 1.90. The van der Waals surface area contributed by atoms with Crippen molar-refractivity contribution in [2.24, 2.45) is 0 Å². The molecule has 0 aromatic rings. The maximum Gasteiger partial charge on any atom is 3.00 e. The van der Waals surface area contributed by atoms with Gasteiger partial charge in [-0.05, 0) is 0 Å². The predicted octanol–water partition coefficient (Wildman–Crippen LogP) is -3.34. The summed E-state index contributed by atoms with van der Waals surface area (Å²) in [6, 6.07) is 0. The minimum absolute atomic E-state index is 0. The molecule has 0 unspecified atom stereocenters. The van der Waals surface area contributed by atoms with Gasteiger partial charge in [-0.2, -0.15) is 0 Å². The van der Waals surface area contributed by atoms with Crippen LogP contribution in [0.4, 0.5) is 14.4 Å². The summed E-state index contributed by atoms with van der Waals surface area (Å²) in [6.07, 6.45) is -6.25. The maximum absolute atomic E-state index is 8.44. The van der Waals surface area contributed by atoms with Crippen LogP contribution in [-0.4, -0.2) is 33.8 Å². The molecule has 0 bridgehead atoms. The Morgan fingerprint density at radius 3 is 0.692 bits per heavy atom. The van der Waals surface area contributed by atoms with E-state index in [1.807, 2.05) is 0 Å². The summed E-state index contributed by atoms with van der Waals surface area (Å²) in [5.41, 5.74) is 0. The molecule has 3 N–H and O–H groups in total. The van der Waals surface area contributed by atoms with Gasteiger partial charge >= 0.3 is 20.1 Å². The van der Waals surface area contributed by atoms with E-state index in [2.05, 4.69) is 0 Å². The van der Waals surface area contributed by atoms with Crippen LogP contribution >= 0.6 is 0 Å². The van der Waals surface area contributed by atoms with E-state index in [0.29, 0.717) is 0 Å². The van der Waals surface area contributed by atoms with Crippen molar-refractivity contribution in [1.29, 1.82) is 0 Å². The van der Waals surface area contributed by atoms with Gasteiger partial charge in [-0.3, -0.25) is 0 Å². The molecule has 0 aromatic carbocycles. The molecule has 0 amide bonds. The molecule has 0 rings (SSSR count). The number of hydrogen-bond acceptors (Lipinski definition) is 6. The van der Waals surface area contributed by atoms with Gasteiger partial charge in [0.1, 0.15) is 0 Å². The van der Waals surface area contributed by atoms with E-state index in [9.17, 15) is 0 Å². The van der Waals surface area contributed by atoms with Crippen LogP contribution in [0.25, 0.3) is 0 Å². The number of carboxylic acid groups (broad SMARTS) is 6. The minimum Gasteiger partial charge on any atom is -0.565 e. The van der Waals surface area contributed by atoms with Crippen molar-refractivity contribution >= 4 is 18.5 Å². The normalized spacial score (nSPS) is 5.54. The van der Waals surface area contributed by atoms with Gasteiger partial charge in [0.15, 0.2) is 0 Å². The molecular weight excluding hydrogens is 372 g/mol. The number of rotatable bonds is 0. The quantitative estimate of drug-likeness (QED) is 0.390. The van der Waals surface area contributed by atoms with E-state index in [0.717, 1.165) is 0 Å². The first-order valence-electron chi connectivity index (χ1n) is 1.90. The van der Waals surface area contributed by atoms with Crippen molar-refractivity contribution in [1.82, 2.24) is 0 Å². The molecule has 0 saturated heterocycles. The molecule has 9 nitrogen and oxygen atoms in total. The maximum atomic E-state index is 8.44. The molecule has 13 heavy (non-hydrogen) atoms. The fourth-order valence-electron chi connectivity index (χ4n) is 0. The third-order valence-electron chi connectivity index (χ3n) is 0. The van der Waals surface area contributed by atoms with E-state index in [1.165, 1.54) is 0 Å². The largest absolute Gasteiger partial charge is 3.00 e. The molecule has 0 saturated carbocycles. The molecule has 10 heteroatoms. The van der Waals surface area contributed by atoms with Gasteiger partial charge in [-0.25, -0.2) is 0 Å². The second-order valence-corrected chi connectivity index (χ2v) is 0.798. The van der Waals surface area contributed by atoms with Crippen LogP contribution in [-0.2, 0) is 20.1 Å². The van der Waals surface area contributed by atoms with Gasteiger partial charge < -0.3 is 45.0 Å². The van der Waals surface area contributed by atoms with Gasteiger partial charge in [-0.15, -0.1) is 0 Å².